The van der Waals surface area contributed by atoms with Gasteiger partial charge in [0.05, 0.1) is 6.42 Å². The summed E-state index contributed by atoms with van der Waals surface area (Å²) in [6, 6.07) is 5.68. The van der Waals surface area contributed by atoms with Crippen LogP contribution in [-0.2, 0) is 11.2 Å². The fraction of sp³-hybridized carbons (Fsp3) is 0.500. The predicted molar refractivity (Wildman–Crippen MR) is 77.7 cm³/mol. The molecule has 2 aliphatic rings. The van der Waals surface area contributed by atoms with Crippen LogP contribution in [0.1, 0.15) is 49.0 Å². The quantitative estimate of drug-likeness (QED) is 0.869. The molecule has 1 atom stereocenters. The molecule has 4 nitrogen and oxygen atoms in total. The first-order chi connectivity index (χ1) is 9.43. The molecule has 0 bridgehead atoms. The van der Waals surface area contributed by atoms with Gasteiger partial charge in [-0.1, -0.05) is 13.8 Å². The third kappa shape index (κ3) is 2.55. The molecule has 1 unspecified atom stereocenters. The first kappa shape index (κ1) is 13.2. The molecular weight excluding hydrogens is 252 g/mol. The van der Waals surface area contributed by atoms with Crippen LogP contribution >= 0.6 is 0 Å². The Balaban J connectivity index is 1.69. The molecule has 2 amide bonds. The highest BCUT2D eigenvalue weighted by atomic mass is 16.2. The van der Waals surface area contributed by atoms with Crippen molar-refractivity contribution >= 4 is 17.5 Å². The fourth-order valence-corrected chi connectivity index (χ4v) is 3.20. The number of hydrogen-bond acceptors (Lipinski definition) is 2. The van der Waals surface area contributed by atoms with Crippen molar-refractivity contribution in [3.05, 3.63) is 29.3 Å². The minimum Gasteiger partial charge on any atom is -0.349 e. The van der Waals surface area contributed by atoms with Gasteiger partial charge < -0.3 is 10.6 Å². The van der Waals surface area contributed by atoms with Crippen molar-refractivity contribution in [3.8, 4) is 0 Å². The first-order valence-electron chi connectivity index (χ1n) is 7.17. The molecule has 0 radical (unpaired) electrons. The molecule has 1 aliphatic carbocycles. The topological polar surface area (TPSA) is 58.2 Å². The highest BCUT2D eigenvalue weighted by molar-refractivity contribution is 6.01. The van der Waals surface area contributed by atoms with Crippen molar-refractivity contribution < 1.29 is 9.59 Å². The van der Waals surface area contributed by atoms with Gasteiger partial charge in [-0.3, -0.25) is 9.59 Å². The molecule has 1 heterocycles. The molecule has 4 heteroatoms. The lowest BCUT2D eigenvalue weighted by Crippen LogP contribution is -2.33. The third-order valence-electron chi connectivity index (χ3n) is 4.30. The van der Waals surface area contributed by atoms with E-state index in [1.165, 1.54) is 0 Å². The minimum absolute atomic E-state index is 0.00454. The number of carbonyl (C=O) groups is 2. The van der Waals surface area contributed by atoms with Gasteiger partial charge in [-0.25, -0.2) is 0 Å². The number of fused-ring (bicyclic) bond motifs is 1. The predicted octanol–water partition coefficient (Wildman–Crippen LogP) is 2.49. The van der Waals surface area contributed by atoms with E-state index in [0.717, 1.165) is 30.5 Å². The van der Waals surface area contributed by atoms with Crippen LogP contribution in [0, 0.1) is 5.41 Å². The average molecular weight is 272 g/mol. The van der Waals surface area contributed by atoms with E-state index in [2.05, 4.69) is 24.5 Å². The Morgan fingerprint density at radius 2 is 2.20 bits per heavy atom. The summed E-state index contributed by atoms with van der Waals surface area (Å²) >= 11 is 0. The number of rotatable bonds is 2. The zero-order valence-electron chi connectivity index (χ0n) is 12.0. The highest BCUT2D eigenvalue weighted by Crippen LogP contribution is 2.37. The zero-order valence-corrected chi connectivity index (χ0v) is 12.0. The highest BCUT2D eigenvalue weighted by Gasteiger charge is 2.32. The van der Waals surface area contributed by atoms with Gasteiger partial charge in [-0.05, 0) is 48.4 Å². The van der Waals surface area contributed by atoms with E-state index < -0.39 is 0 Å². The molecule has 0 aromatic heterocycles. The van der Waals surface area contributed by atoms with Crippen LogP contribution in [0.5, 0.6) is 0 Å². The molecule has 2 N–H and O–H groups in total. The van der Waals surface area contributed by atoms with Crippen LogP contribution < -0.4 is 10.6 Å². The standard InChI is InChI=1S/C16H20N2O2/c1-16(2)6-5-12(9-16)17-15(20)10-3-4-13-11(7-10)8-14(19)18-13/h3-4,7,12H,5-6,8-9H2,1-2H3,(H,17,20)(H,18,19). The van der Waals surface area contributed by atoms with Crippen LogP contribution in [0.4, 0.5) is 5.69 Å². The zero-order chi connectivity index (χ0) is 14.3. The summed E-state index contributed by atoms with van der Waals surface area (Å²) in [6.07, 6.45) is 3.60. The monoisotopic (exact) mass is 272 g/mol. The van der Waals surface area contributed by atoms with Gasteiger partial charge in [-0.2, -0.15) is 0 Å². The molecule has 0 saturated heterocycles. The van der Waals surface area contributed by atoms with Crippen molar-refractivity contribution in [1.29, 1.82) is 0 Å². The Kier molecular flexibility index (Phi) is 3.04. The Hall–Kier alpha value is -1.84. The Labute approximate surface area is 118 Å². The van der Waals surface area contributed by atoms with Crippen LogP contribution in [0.25, 0.3) is 0 Å². The van der Waals surface area contributed by atoms with E-state index in [-0.39, 0.29) is 17.9 Å². The third-order valence-corrected chi connectivity index (χ3v) is 4.30. The van der Waals surface area contributed by atoms with E-state index in [0.29, 0.717) is 17.4 Å². The van der Waals surface area contributed by atoms with Gasteiger partial charge >= 0.3 is 0 Å². The second-order valence-electron chi connectivity index (χ2n) is 6.67. The lowest BCUT2D eigenvalue weighted by atomic mass is 9.92. The van der Waals surface area contributed by atoms with Gasteiger partial charge in [0.25, 0.3) is 5.91 Å². The summed E-state index contributed by atoms with van der Waals surface area (Å²) in [7, 11) is 0. The fourth-order valence-electron chi connectivity index (χ4n) is 3.20. The number of benzene rings is 1. The number of carbonyl (C=O) groups excluding carboxylic acids is 2. The Morgan fingerprint density at radius 3 is 2.90 bits per heavy atom. The summed E-state index contributed by atoms with van der Waals surface area (Å²) in [5, 5.41) is 5.89. The lowest BCUT2D eigenvalue weighted by molar-refractivity contribution is -0.115. The van der Waals surface area contributed by atoms with E-state index in [4.69, 9.17) is 0 Å². The van der Waals surface area contributed by atoms with E-state index >= 15 is 0 Å². The summed E-state index contributed by atoms with van der Waals surface area (Å²) in [5.41, 5.74) is 2.71. The molecule has 106 valence electrons. The molecule has 20 heavy (non-hydrogen) atoms. The number of anilines is 1. The van der Waals surface area contributed by atoms with Crippen molar-refractivity contribution in [2.24, 2.45) is 5.41 Å². The number of nitrogens with one attached hydrogen (secondary N) is 2. The van der Waals surface area contributed by atoms with Crippen LogP contribution in [0.2, 0.25) is 0 Å². The summed E-state index contributed by atoms with van der Waals surface area (Å²) in [6.45, 7) is 4.48. The number of hydrogen-bond donors (Lipinski definition) is 2. The Morgan fingerprint density at radius 1 is 1.40 bits per heavy atom. The Bertz CT molecular complexity index is 578. The normalized spacial score (nSPS) is 23.3. The molecule has 1 fully saturated rings. The minimum atomic E-state index is -0.0325. The maximum absolute atomic E-state index is 12.3. The summed E-state index contributed by atoms with van der Waals surface area (Å²) in [4.78, 5) is 23.6. The van der Waals surface area contributed by atoms with Crippen molar-refractivity contribution in [1.82, 2.24) is 5.32 Å². The van der Waals surface area contributed by atoms with E-state index in [9.17, 15) is 9.59 Å². The van der Waals surface area contributed by atoms with Crippen LogP contribution in [-0.4, -0.2) is 17.9 Å². The first-order valence-corrected chi connectivity index (χ1v) is 7.17. The molecule has 3 rings (SSSR count). The van der Waals surface area contributed by atoms with Crippen molar-refractivity contribution in [2.75, 3.05) is 5.32 Å². The SMILES string of the molecule is CC1(C)CCC(NC(=O)c2ccc3c(c2)CC(=O)N3)C1. The van der Waals surface area contributed by atoms with Crippen LogP contribution in [0.15, 0.2) is 18.2 Å². The summed E-state index contributed by atoms with van der Waals surface area (Å²) in [5.74, 6) is -0.0371. The van der Waals surface area contributed by atoms with Gasteiger partial charge in [0.2, 0.25) is 5.91 Å². The van der Waals surface area contributed by atoms with Gasteiger partial charge in [0.15, 0.2) is 0 Å². The van der Waals surface area contributed by atoms with Gasteiger partial charge in [0, 0.05) is 17.3 Å². The molecule has 1 aliphatic heterocycles. The van der Waals surface area contributed by atoms with Gasteiger partial charge in [-0.15, -0.1) is 0 Å². The van der Waals surface area contributed by atoms with Gasteiger partial charge in [0.1, 0.15) is 0 Å². The maximum atomic E-state index is 12.3. The largest absolute Gasteiger partial charge is 0.349 e. The molecule has 1 aromatic carbocycles. The lowest BCUT2D eigenvalue weighted by Gasteiger charge is -2.18. The van der Waals surface area contributed by atoms with E-state index in [1.54, 1.807) is 6.07 Å². The smallest absolute Gasteiger partial charge is 0.251 e. The average Bonchev–Trinajstić information content (AvgIpc) is 2.89. The second kappa shape index (κ2) is 4.62. The van der Waals surface area contributed by atoms with E-state index in [1.807, 2.05) is 12.1 Å². The number of amides is 2. The van der Waals surface area contributed by atoms with Crippen molar-refractivity contribution in [2.45, 2.75) is 45.6 Å². The van der Waals surface area contributed by atoms with Crippen LogP contribution in [0.3, 0.4) is 0 Å². The summed E-state index contributed by atoms with van der Waals surface area (Å²) < 4.78 is 0. The molecule has 1 saturated carbocycles. The maximum Gasteiger partial charge on any atom is 0.251 e. The molecule has 1 aromatic rings. The molecular formula is C16H20N2O2. The second-order valence-corrected chi connectivity index (χ2v) is 6.67. The van der Waals surface area contributed by atoms with Crippen molar-refractivity contribution in [3.63, 3.8) is 0 Å². The molecule has 0 spiro atoms.